The Balaban J connectivity index is 1.53. The summed E-state index contributed by atoms with van der Waals surface area (Å²) < 4.78 is 2.76. The van der Waals surface area contributed by atoms with Crippen molar-refractivity contribution >= 4 is 44.7 Å². The van der Waals surface area contributed by atoms with Crippen LogP contribution in [-0.4, -0.2) is 20.7 Å². The Kier molecular flexibility index (Phi) is 4.44. The minimum absolute atomic E-state index is 0.137. The van der Waals surface area contributed by atoms with E-state index in [9.17, 15) is 4.79 Å². The SMILES string of the molecule is C[C@H](C(=O)Nc1cnn(-c2nc3ccccc3s2)c1)c1ccccc1Cl. The van der Waals surface area contributed by atoms with Crippen molar-refractivity contribution in [2.75, 3.05) is 5.32 Å². The van der Waals surface area contributed by atoms with Crippen molar-refractivity contribution in [2.24, 2.45) is 0 Å². The first kappa shape index (κ1) is 16.8. The van der Waals surface area contributed by atoms with Crippen molar-refractivity contribution < 1.29 is 4.79 Å². The van der Waals surface area contributed by atoms with Crippen LogP contribution >= 0.6 is 22.9 Å². The summed E-state index contributed by atoms with van der Waals surface area (Å²) in [5.74, 6) is -0.503. The second-order valence-electron chi connectivity index (χ2n) is 5.87. The number of aromatic nitrogens is 3. The third-order valence-electron chi connectivity index (χ3n) is 4.09. The molecule has 0 aliphatic heterocycles. The topological polar surface area (TPSA) is 59.8 Å². The fourth-order valence-corrected chi connectivity index (χ4v) is 3.87. The summed E-state index contributed by atoms with van der Waals surface area (Å²) in [4.78, 5) is 17.1. The Bertz CT molecular complexity index is 1050. The molecule has 0 radical (unpaired) electrons. The molecule has 0 aliphatic carbocycles. The summed E-state index contributed by atoms with van der Waals surface area (Å²) in [6.45, 7) is 1.83. The monoisotopic (exact) mass is 382 g/mol. The molecule has 130 valence electrons. The number of benzene rings is 2. The predicted molar refractivity (Wildman–Crippen MR) is 105 cm³/mol. The fourth-order valence-electron chi connectivity index (χ4n) is 2.67. The lowest BCUT2D eigenvalue weighted by atomic mass is 10.0. The van der Waals surface area contributed by atoms with E-state index >= 15 is 0 Å². The van der Waals surface area contributed by atoms with Gasteiger partial charge >= 0.3 is 0 Å². The molecular formula is C19H15ClN4OS. The summed E-state index contributed by atoms with van der Waals surface area (Å²) in [6.07, 6.45) is 3.37. The van der Waals surface area contributed by atoms with Crippen LogP contribution in [0.25, 0.3) is 15.3 Å². The highest BCUT2D eigenvalue weighted by atomic mass is 35.5. The van der Waals surface area contributed by atoms with Gasteiger partial charge in [0.25, 0.3) is 0 Å². The number of amides is 1. The number of nitrogens with one attached hydrogen (secondary N) is 1. The summed E-state index contributed by atoms with van der Waals surface area (Å²) in [6, 6.07) is 15.3. The summed E-state index contributed by atoms with van der Waals surface area (Å²) in [7, 11) is 0. The molecule has 0 saturated carbocycles. The number of nitrogens with zero attached hydrogens (tertiary/aromatic N) is 3. The molecule has 0 spiro atoms. The number of rotatable bonds is 4. The van der Waals surface area contributed by atoms with E-state index in [0.29, 0.717) is 10.7 Å². The zero-order valence-corrected chi connectivity index (χ0v) is 15.5. The zero-order chi connectivity index (χ0) is 18.1. The van der Waals surface area contributed by atoms with E-state index in [-0.39, 0.29) is 11.8 Å². The van der Waals surface area contributed by atoms with Gasteiger partial charge in [-0.15, -0.1) is 0 Å². The molecule has 2 aromatic heterocycles. The average molecular weight is 383 g/mol. The van der Waals surface area contributed by atoms with Gasteiger partial charge in [0, 0.05) is 5.02 Å². The van der Waals surface area contributed by atoms with Crippen molar-refractivity contribution in [1.82, 2.24) is 14.8 Å². The van der Waals surface area contributed by atoms with E-state index < -0.39 is 0 Å². The molecule has 1 amide bonds. The molecule has 0 unspecified atom stereocenters. The van der Waals surface area contributed by atoms with Gasteiger partial charge < -0.3 is 5.32 Å². The summed E-state index contributed by atoms with van der Waals surface area (Å²) >= 11 is 7.73. The van der Waals surface area contributed by atoms with Crippen molar-refractivity contribution in [2.45, 2.75) is 12.8 Å². The van der Waals surface area contributed by atoms with Crippen LogP contribution in [0.1, 0.15) is 18.4 Å². The maximum absolute atomic E-state index is 12.5. The largest absolute Gasteiger partial charge is 0.323 e. The molecule has 1 atom stereocenters. The summed E-state index contributed by atoms with van der Waals surface area (Å²) in [5.41, 5.74) is 2.35. The Morgan fingerprint density at radius 1 is 1.19 bits per heavy atom. The van der Waals surface area contributed by atoms with Crippen molar-refractivity contribution in [3.05, 3.63) is 71.5 Å². The molecule has 4 rings (SSSR count). The lowest BCUT2D eigenvalue weighted by Crippen LogP contribution is -2.18. The van der Waals surface area contributed by atoms with Gasteiger partial charge in [0.05, 0.1) is 34.2 Å². The highest BCUT2D eigenvalue weighted by Crippen LogP contribution is 2.27. The predicted octanol–water partition coefficient (Wildman–Crippen LogP) is 4.88. The number of carbonyl (C=O) groups is 1. The molecule has 7 heteroatoms. The lowest BCUT2D eigenvalue weighted by Gasteiger charge is -2.12. The van der Waals surface area contributed by atoms with Gasteiger partial charge in [-0.1, -0.05) is 53.3 Å². The van der Waals surface area contributed by atoms with Gasteiger partial charge in [0.15, 0.2) is 0 Å². The molecule has 2 heterocycles. The normalized spacial score (nSPS) is 12.2. The van der Waals surface area contributed by atoms with Gasteiger partial charge in [-0.2, -0.15) is 5.10 Å². The number of hydrogen-bond acceptors (Lipinski definition) is 4. The number of hydrogen-bond donors (Lipinski definition) is 1. The molecule has 26 heavy (non-hydrogen) atoms. The minimum atomic E-state index is -0.366. The Morgan fingerprint density at radius 3 is 2.77 bits per heavy atom. The Labute approximate surface area is 159 Å². The van der Waals surface area contributed by atoms with E-state index in [0.717, 1.165) is 20.9 Å². The second-order valence-corrected chi connectivity index (χ2v) is 7.29. The van der Waals surface area contributed by atoms with E-state index in [2.05, 4.69) is 15.4 Å². The van der Waals surface area contributed by atoms with E-state index in [1.165, 1.54) is 0 Å². The highest BCUT2D eigenvalue weighted by Gasteiger charge is 2.18. The first-order chi connectivity index (χ1) is 12.6. The van der Waals surface area contributed by atoms with Crippen LogP contribution in [0.4, 0.5) is 5.69 Å². The van der Waals surface area contributed by atoms with Crippen molar-refractivity contribution in [3.63, 3.8) is 0 Å². The molecule has 0 fully saturated rings. The molecule has 0 bridgehead atoms. The van der Waals surface area contributed by atoms with Gasteiger partial charge in [-0.25, -0.2) is 9.67 Å². The third kappa shape index (κ3) is 3.21. The van der Waals surface area contributed by atoms with E-state index in [1.807, 2.05) is 49.4 Å². The minimum Gasteiger partial charge on any atom is -0.323 e. The van der Waals surface area contributed by atoms with Gasteiger partial charge in [0.2, 0.25) is 11.0 Å². The average Bonchev–Trinajstić information content (AvgIpc) is 3.28. The van der Waals surface area contributed by atoms with Crippen LogP contribution in [0.3, 0.4) is 0 Å². The molecular weight excluding hydrogens is 368 g/mol. The number of halogens is 1. The number of anilines is 1. The number of para-hydroxylation sites is 1. The van der Waals surface area contributed by atoms with Crippen molar-refractivity contribution in [1.29, 1.82) is 0 Å². The quantitative estimate of drug-likeness (QED) is 0.547. The fraction of sp³-hybridized carbons (Fsp3) is 0.105. The van der Waals surface area contributed by atoms with Crippen LogP contribution in [-0.2, 0) is 4.79 Å². The second kappa shape index (κ2) is 6.90. The van der Waals surface area contributed by atoms with Crippen LogP contribution in [0.5, 0.6) is 0 Å². The van der Waals surface area contributed by atoms with Gasteiger partial charge in [0.1, 0.15) is 0 Å². The summed E-state index contributed by atoms with van der Waals surface area (Å²) in [5, 5.41) is 8.53. The standard InChI is InChI=1S/C19H15ClN4OS/c1-12(14-6-2-3-7-15(14)20)18(25)22-13-10-21-24(11-13)19-23-16-8-4-5-9-17(16)26-19/h2-12H,1H3,(H,22,25)/t12-/m0/s1. The smallest absolute Gasteiger partial charge is 0.231 e. The van der Waals surface area contributed by atoms with Crippen LogP contribution in [0.2, 0.25) is 5.02 Å². The number of fused-ring (bicyclic) bond motifs is 1. The maximum Gasteiger partial charge on any atom is 0.231 e. The van der Waals surface area contributed by atoms with Crippen molar-refractivity contribution in [3.8, 4) is 5.13 Å². The van der Waals surface area contributed by atoms with Gasteiger partial charge in [-0.05, 0) is 30.7 Å². The first-order valence-corrected chi connectivity index (χ1v) is 9.27. The Morgan fingerprint density at radius 2 is 1.96 bits per heavy atom. The van der Waals surface area contributed by atoms with E-state index in [4.69, 9.17) is 11.6 Å². The third-order valence-corrected chi connectivity index (χ3v) is 5.46. The van der Waals surface area contributed by atoms with Gasteiger partial charge in [-0.3, -0.25) is 4.79 Å². The molecule has 4 aromatic rings. The molecule has 0 aliphatic rings. The zero-order valence-electron chi connectivity index (χ0n) is 13.9. The van der Waals surface area contributed by atoms with Crippen LogP contribution in [0, 0.1) is 0 Å². The molecule has 1 N–H and O–H groups in total. The van der Waals surface area contributed by atoms with Crippen LogP contribution in [0.15, 0.2) is 60.9 Å². The highest BCUT2D eigenvalue weighted by molar-refractivity contribution is 7.20. The maximum atomic E-state index is 12.5. The molecule has 0 saturated heterocycles. The first-order valence-electron chi connectivity index (χ1n) is 8.08. The Hall–Kier alpha value is -2.70. The van der Waals surface area contributed by atoms with E-state index in [1.54, 1.807) is 34.5 Å². The molecule has 5 nitrogen and oxygen atoms in total. The molecule has 2 aromatic carbocycles. The van der Waals surface area contributed by atoms with Crippen LogP contribution < -0.4 is 5.32 Å². The number of thiazole rings is 1. The number of carbonyl (C=O) groups excluding carboxylic acids is 1. The lowest BCUT2D eigenvalue weighted by molar-refractivity contribution is -0.117.